The van der Waals surface area contributed by atoms with Crippen LogP contribution < -0.4 is 9.68 Å². The summed E-state index contributed by atoms with van der Waals surface area (Å²) in [6.45, 7) is 4.33. The number of halogens is 2. The first-order valence-electron chi connectivity index (χ1n) is 7.13. The molecule has 0 bridgehead atoms. The number of benzene rings is 1. The summed E-state index contributed by atoms with van der Waals surface area (Å²) in [6.07, 6.45) is 0.725. The molecule has 0 aliphatic carbocycles. The molecule has 1 N–H and O–H groups in total. The molecule has 0 spiro atoms. The third-order valence-electron chi connectivity index (χ3n) is 3.49. The second-order valence-corrected chi connectivity index (χ2v) is 7.55. The Morgan fingerprint density at radius 1 is 1.52 bits per heavy atom. The number of fused-ring (bicyclic) bond motifs is 3. The fourth-order valence-electron chi connectivity index (χ4n) is 2.36. The standard InChI is InChI=1S/C15H15BrClN3O2S/c1-8(2)20(19-17)15(21)14-18-13-10-4-3-9(16)7-11(10)22-6-5-12(13)23-14/h3-4,7-8,19H,5-6H2,1-2H3. The van der Waals surface area contributed by atoms with Crippen molar-refractivity contribution in [2.75, 3.05) is 6.61 Å². The quantitative estimate of drug-likeness (QED) is 0.606. The number of hydrazine groups is 1. The second-order valence-electron chi connectivity index (χ2n) is 5.38. The minimum atomic E-state index is -0.229. The number of thiazole rings is 1. The van der Waals surface area contributed by atoms with Gasteiger partial charge in [0.25, 0.3) is 5.91 Å². The molecule has 122 valence electrons. The van der Waals surface area contributed by atoms with Crippen molar-refractivity contribution in [3.63, 3.8) is 0 Å². The van der Waals surface area contributed by atoms with Gasteiger partial charge in [-0.05, 0) is 43.8 Å². The highest BCUT2D eigenvalue weighted by molar-refractivity contribution is 9.10. The summed E-state index contributed by atoms with van der Waals surface area (Å²) in [5.41, 5.74) is 1.72. The number of nitrogens with zero attached hydrogens (tertiary/aromatic N) is 2. The first-order chi connectivity index (χ1) is 11.0. The maximum atomic E-state index is 12.6. The van der Waals surface area contributed by atoms with Gasteiger partial charge in [-0.1, -0.05) is 15.9 Å². The van der Waals surface area contributed by atoms with E-state index >= 15 is 0 Å². The molecule has 2 heterocycles. The molecular formula is C15H15BrClN3O2S. The Morgan fingerprint density at radius 2 is 2.30 bits per heavy atom. The Hall–Kier alpha value is -1.15. The Labute approximate surface area is 151 Å². The van der Waals surface area contributed by atoms with Crippen molar-refractivity contribution in [1.82, 2.24) is 14.9 Å². The zero-order valence-electron chi connectivity index (χ0n) is 12.6. The number of ether oxygens (including phenoxy) is 1. The summed E-state index contributed by atoms with van der Waals surface area (Å²) in [5.74, 6) is 0.547. The maximum absolute atomic E-state index is 12.6. The second kappa shape index (κ2) is 6.76. The molecule has 3 rings (SSSR count). The fraction of sp³-hybridized carbons (Fsp3) is 0.333. The predicted molar refractivity (Wildman–Crippen MR) is 94.7 cm³/mol. The lowest BCUT2D eigenvalue weighted by Gasteiger charge is -2.22. The number of amides is 1. The highest BCUT2D eigenvalue weighted by Gasteiger charge is 2.26. The summed E-state index contributed by atoms with van der Waals surface area (Å²) in [5, 5.41) is 1.78. The van der Waals surface area contributed by atoms with Gasteiger partial charge < -0.3 is 4.74 Å². The molecule has 0 radical (unpaired) electrons. The summed E-state index contributed by atoms with van der Waals surface area (Å²) >= 11 is 10.5. The van der Waals surface area contributed by atoms with Crippen LogP contribution in [0.15, 0.2) is 22.7 Å². The highest BCUT2D eigenvalue weighted by Crippen LogP contribution is 2.39. The van der Waals surface area contributed by atoms with E-state index in [0.717, 1.165) is 32.8 Å². The molecule has 0 atom stereocenters. The summed E-state index contributed by atoms with van der Waals surface area (Å²) < 4.78 is 6.73. The van der Waals surface area contributed by atoms with Crippen molar-refractivity contribution in [2.24, 2.45) is 0 Å². The molecule has 0 saturated carbocycles. The van der Waals surface area contributed by atoms with Crippen molar-refractivity contribution in [3.05, 3.63) is 32.6 Å². The Bertz CT molecular complexity index is 750. The van der Waals surface area contributed by atoms with Crippen LogP contribution in [0.5, 0.6) is 5.75 Å². The molecule has 1 aromatic heterocycles. The van der Waals surface area contributed by atoms with E-state index in [4.69, 9.17) is 16.5 Å². The normalized spacial score (nSPS) is 13.1. The molecule has 1 aliphatic rings. The monoisotopic (exact) mass is 415 g/mol. The van der Waals surface area contributed by atoms with Gasteiger partial charge in [-0.2, -0.15) is 0 Å². The van der Waals surface area contributed by atoms with E-state index in [-0.39, 0.29) is 11.9 Å². The van der Waals surface area contributed by atoms with Gasteiger partial charge in [0.2, 0.25) is 0 Å². The van der Waals surface area contributed by atoms with E-state index in [2.05, 4.69) is 25.9 Å². The molecular weight excluding hydrogens is 402 g/mol. The topological polar surface area (TPSA) is 54.5 Å². The average Bonchev–Trinajstić information content (AvgIpc) is 2.84. The van der Waals surface area contributed by atoms with E-state index in [1.807, 2.05) is 32.0 Å². The van der Waals surface area contributed by atoms with E-state index in [1.165, 1.54) is 16.3 Å². The van der Waals surface area contributed by atoms with E-state index in [9.17, 15) is 4.79 Å². The van der Waals surface area contributed by atoms with Gasteiger partial charge in [-0.3, -0.25) is 9.80 Å². The van der Waals surface area contributed by atoms with Crippen LogP contribution in [0, 0.1) is 0 Å². The van der Waals surface area contributed by atoms with Crippen LogP contribution >= 0.6 is 39.0 Å². The average molecular weight is 417 g/mol. The van der Waals surface area contributed by atoms with Gasteiger partial charge in [0.1, 0.15) is 5.75 Å². The van der Waals surface area contributed by atoms with Crippen molar-refractivity contribution < 1.29 is 9.53 Å². The van der Waals surface area contributed by atoms with Gasteiger partial charge in [0.15, 0.2) is 5.01 Å². The molecule has 8 heteroatoms. The van der Waals surface area contributed by atoms with Gasteiger partial charge in [-0.25, -0.2) is 4.98 Å². The Kier molecular flexibility index (Phi) is 4.91. The number of rotatable bonds is 3. The number of aromatic nitrogens is 1. The fourth-order valence-corrected chi connectivity index (χ4v) is 3.97. The van der Waals surface area contributed by atoms with Gasteiger partial charge in [0, 0.05) is 27.4 Å². The summed E-state index contributed by atoms with van der Waals surface area (Å²) in [7, 11) is 0. The zero-order valence-corrected chi connectivity index (χ0v) is 15.8. The molecule has 23 heavy (non-hydrogen) atoms. The Balaban J connectivity index is 2.03. The number of nitrogens with one attached hydrogen (secondary N) is 1. The van der Waals surface area contributed by atoms with Crippen LogP contribution in [-0.4, -0.2) is 28.5 Å². The lowest BCUT2D eigenvalue weighted by atomic mass is 10.1. The number of carbonyl (C=O) groups is 1. The van der Waals surface area contributed by atoms with Crippen molar-refractivity contribution in [3.8, 4) is 17.0 Å². The van der Waals surface area contributed by atoms with E-state index < -0.39 is 0 Å². The third-order valence-corrected chi connectivity index (χ3v) is 5.27. The minimum Gasteiger partial charge on any atom is -0.492 e. The molecule has 2 aromatic rings. The molecule has 0 saturated heterocycles. The van der Waals surface area contributed by atoms with Crippen LogP contribution in [0.25, 0.3) is 11.3 Å². The summed E-state index contributed by atoms with van der Waals surface area (Å²) in [4.78, 5) is 20.6. The summed E-state index contributed by atoms with van der Waals surface area (Å²) in [6, 6.07) is 5.75. The first-order valence-corrected chi connectivity index (χ1v) is 9.12. The van der Waals surface area contributed by atoms with Crippen LogP contribution in [0.4, 0.5) is 0 Å². The number of hydrogen-bond donors (Lipinski definition) is 1. The molecule has 1 aromatic carbocycles. The van der Waals surface area contributed by atoms with Crippen LogP contribution in [0.2, 0.25) is 0 Å². The number of hydrogen-bond acceptors (Lipinski definition) is 5. The van der Waals surface area contributed by atoms with Crippen molar-refractivity contribution in [2.45, 2.75) is 26.3 Å². The van der Waals surface area contributed by atoms with Gasteiger partial charge in [0.05, 0.1) is 12.3 Å². The van der Waals surface area contributed by atoms with Crippen LogP contribution in [-0.2, 0) is 6.42 Å². The first kappa shape index (κ1) is 16.7. The Morgan fingerprint density at radius 3 is 3.00 bits per heavy atom. The highest BCUT2D eigenvalue weighted by atomic mass is 79.9. The zero-order chi connectivity index (χ0) is 16.6. The lowest BCUT2D eigenvalue weighted by Crippen LogP contribution is -2.42. The number of carbonyl (C=O) groups excluding carboxylic acids is 1. The van der Waals surface area contributed by atoms with Gasteiger partial charge >= 0.3 is 0 Å². The maximum Gasteiger partial charge on any atom is 0.298 e. The third kappa shape index (κ3) is 3.24. The van der Waals surface area contributed by atoms with Crippen LogP contribution in [0.3, 0.4) is 0 Å². The molecule has 0 unspecified atom stereocenters. The smallest absolute Gasteiger partial charge is 0.298 e. The van der Waals surface area contributed by atoms with Crippen LogP contribution in [0.1, 0.15) is 28.5 Å². The minimum absolute atomic E-state index is 0.0738. The molecule has 0 fully saturated rings. The van der Waals surface area contributed by atoms with E-state index in [0.29, 0.717) is 11.6 Å². The van der Waals surface area contributed by atoms with Crippen molar-refractivity contribution in [1.29, 1.82) is 0 Å². The molecule has 1 amide bonds. The SMILES string of the molecule is CC(C)N(NCl)C(=O)c1nc2c(s1)CCOc1cc(Br)ccc1-2. The molecule has 1 aliphatic heterocycles. The van der Waals surface area contributed by atoms with Crippen molar-refractivity contribution >= 4 is 45.0 Å². The van der Waals surface area contributed by atoms with E-state index in [1.54, 1.807) is 0 Å². The van der Waals surface area contributed by atoms with Gasteiger partial charge in [-0.15, -0.1) is 16.3 Å². The largest absolute Gasteiger partial charge is 0.492 e. The molecule has 5 nitrogen and oxygen atoms in total. The predicted octanol–water partition coefficient (Wildman–Crippen LogP) is 4.02. The lowest BCUT2D eigenvalue weighted by molar-refractivity contribution is 0.0661.